The predicted octanol–water partition coefficient (Wildman–Crippen LogP) is 1.96. The van der Waals surface area contributed by atoms with Crippen molar-refractivity contribution in [3.05, 3.63) is 28.4 Å². The molecule has 0 aliphatic heterocycles. The predicted molar refractivity (Wildman–Crippen MR) is 74.4 cm³/mol. The molecule has 2 rings (SSSR count). The minimum absolute atomic E-state index is 0.101. The molecule has 1 aliphatic rings. The molecule has 1 heterocycles. The molecule has 0 unspecified atom stereocenters. The third-order valence-electron chi connectivity index (χ3n) is 3.98. The van der Waals surface area contributed by atoms with Crippen LogP contribution >= 0.6 is 0 Å². The first-order valence-corrected chi connectivity index (χ1v) is 6.62. The van der Waals surface area contributed by atoms with E-state index in [-0.39, 0.29) is 5.82 Å². The summed E-state index contributed by atoms with van der Waals surface area (Å²) in [5.74, 6) is -0.101. The van der Waals surface area contributed by atoms with Crippen LogP contribution in [0.2, 0.25) is 0 Å². The SMILES string of the molecule is CNC1CCC(N(C)c2ccc([N+](=O)[O-])nc2)CC1. The Morgan fingerprint density at radius 3 is 2.53 bits per heavy atom. The van der Waals surface area contributed by atoms with Crippen molar-refractivity contribution in [2.45, 2.75) is 37.8 Å². The Morgan fingerprint density at radius 1 is 1.37 bits per heavy atom. The summed E-state index contributed by atoms with van der Waals surface area (Å²) < 4.78 is 0. The van der Waals surface area contributed by atoms with E-state index in [1.165, 1.54) is 18.9 Å². The minimum atomic E-state index is -0.470. The second-order valence-corrected chi connectivity index (χ2v) is 5.04. The lowest BCUT2D eigenvalue weighted by atomic mass is 9.90. The molecule has 1 aromatic rings. The van der Waals surface area contributed by atoms with Gasteiger partial charge >= 0.3 is 5.82 Å². The molecule has 1 aliphatic carbocycles. The first kappa shape index (κ1) is 13.7. The van der Waals surface area contributed by atoms with Crippen LogP contribution in [0.15, 0.2) is 18.3 Å². The van der Waals surface area contributed by atoms with Gasteiger partial charge in [-0.25, -0.2) is 0 Å². The summed E-state index contributed by atoms with van der Waals surface area (Å²) in [4.78, 5) is 16.2. The van der Waals surface area contributed by atoms with E-state index in [4.69, 9.17) is 0 Å². The van der Waals surface area contributed by atoms with Crippen LogP contribution in [0, 0.1) is 10.1 Å². The zero-order chi connectivity index (χ0) is 13.8. The summed E-state index contributed by atoms with van der Waals surface area (Å²) in [6.45, 7) is 0. The Morgan fingerprint density at radius 2 is 2.05 bits per heavy atom. The monoisotopic (exact) mass is 264 g/mol. The van der Waals surface area contributed by atoms with Gasteiger partial charge in [0.1, 0.15) is 0 Å². The molecule has 1 aromatic heterocycles. The largest absolute Gasteiger partial charge is 0.369 e. The van der Waals surface area contributed by atoms with E-state index in [1.807, 2.05) is 14.1 Å². The number of pyridine rings is 1. The molecule has 0 spiro atoms. The molecule has 1 N–H and O–H groups in total. The summed E-state index contributed by atoms with van der Waals surface area (Å²) in [6, 6.07) is 4.35. The Balaban J connectivity index is 1.99. The lowest BCUT2D eigenvalue weighted by Gasteiger charge is -2.35. The Kier molecular flexibility index (Phi) is 4.31. The Hall–Kier alpha value is -1.69. The third-order valence-corrected chi connectivity index (χ3v) is 3.98. The van der Waals surface area contributed by atoms with E-state index in [0.717, 1.165) is 18.5 Å². The van der Waals surface area contributed by atoms with E-state index in [1.54, 1.807) is 12.3 Å². The average Bonchev–Trinajstić information content (AvgIpc) is 2.46. The number of aromatic nitrogens is 1. The Bertz CT molecular complexity index is 427. The van der Waals surface area contributed by atoms with Gasteiger partial charge in [0.2, 0.25) is 0 Å². The van der Waals surface area contributed by atoms with Crippen LogP contribution in [0.3, 0.4) is 0 Å². The maximum Gasteiger partial charge on any atom is 0.363 e. The van der Waals surface area contributed by atoms with Crippen molar-refractivity contribution in [1.29, 1.82) is 0 Å². The van der Waals surface area contributed by atoms with Gasteiger partial charge in [-0.3, -0.25) is 0 Å². The van der Waals surface area contributed by atoms with Crippen molar-refractivity contribution in [3.63, 3.8) is 0 Å². The van der Waals surface area contributed by atoms with E-state index in [2.05, 4.69) is 15.2 Å². The van der Waals surface area contributed by atoms with Crippen LogP contribution in [-0.4, -0.2) is 36.1 Å². The first-order valence-electron chi connectivity index (χ1n) is 6.62. The lowest BCUT2D eigenvalue weighted by Crippen LogP contribution is -2.39. The van der Waals surface area contributed by atoms with Gasteiger partial charge in [0.25, 0.3) is 0 Å². The van der Waals surface area contributed by atoms with Crippen LogP contribution < -0.4 is 10.2 Å². The van der Waals surface area contributed by atoms with Gasteiger partial charge in [-0.2, -0.15) is 0 Å². The summed E-state index contributed by atoms with van der Waals surface area (Å²) in [6.07, 6.45) is 6.21. The van der Waals surface area contributed by atoms with Crippen LogP contribution in [0.25, 0.3) is 0 Å². The number of anilines is 1. The highest BCUT2D eigenvalue weighted by atomic mass is 16.6. The van der Waals surface area contributed by atoms with Crippen molar-refractivity contribution in [2.75, 3.05) is 19.0 Å². The molecule has 0 amide bonds. The highest BCUT2D eigenvalue weighted by molar-refractivity contribution is 5.46. The van der Waals surface area contributed by atoms with Gasteiger partial charge in [0, 0.05) is 25.2 Å². The van der Waals surface area contributed by atoms with Crippen molar-refractivity contribution >= 4 is 11.5 Å². The van der Waals surface area contributed by atoms with Crippen LogP contribution in [0.4, 0.5) is 11.5 Å². The maximum atomic E-state index is 10.6. The first-order chi connectivity index (χ1) is 9.11. The molecule has 1 fully saturated rings. The topological polar surface area (TPSA) is 71.3 Å². The molecule has 0 saturated heterocycles. The van der Waals surface area contributed by atoms with Crippen molar-refractivity contribution < 1.29 is 4.92 Å². The van der Waals surface area contributed by atoms with E-state index in [9.17, 15) is 10.1 Å². The van der Waals surface area contributed by atoms with E-state index >= 15 is 0 Å². The quantitative estimate of drug-likeness (QED) is 0.665. The molecule has 0 bridgehead atoms. The van der Waals surface area contributed by atoms with E-state index in [0.29, 0.717) is 12.1 Å². The molecule has 6 nitrogen and oxygen atoms in total. The fourth-order valence-corrected chi connectivity index (χ4v) is 2.66. The zero-order valence-electron chi connectivity index (χ0n) is 11.4. The van der Waals surface area contributed by atoms with Gasteiger partial charge < -0.3 is 20.3 Å². The highest BCUT2D eigenvalue weighted by Gasteiger charge is 2.24. The van der Waals surface area contributed by atoms with Crippen molar-refractivity contribution in [1.82, 2.24) is 10.3 Å². The number of rotatable bonds is 4. The molecular weight excluding hydrogens is 244 g/mol. The van der Waals surface area contributed by atoms with E-state index < -0.39 is 4.92 Å². The average molecular weight is 264 g/mol. The van der Waals surface area contributed by atoms with Crippen LogP contribution in [0.5, 0.6) is 0 Å². The fourth-order valence-electron chi connectivity index (χ4n) is 2.66. The van der Waals surface area contributed by atoms with Crippen molar-refractivity contribution in [3.8, 4) is 0 Å². The third kappa shape index (κ3) is 3.20. The molecule has 0 radical (unpaired) electrons. The normalized spacial score (nSPS) is 23.1. The maximum absolute atomic E-state index is 10.6. The standard InChI is InChI=1S/C13H20N4O2/c1-14-10-3-5-11(6-4-10)16(2)12-7-8-13(15-9-12)17(18)19/h7-11,14H,3-6H2,1-2H3. The number of nitro groups is 1. The summed E-state index contributed by atoms with van der Waals surface area (Å²) in [5.41, 5.74) is 0.943. The molecule has 1 saturated carbocycles. The Labute approximate surface area is 113 Å². The van der Waals surface area contributed by atoms with Gasteiger partial charge in [-0.15, -0.1) is 0 Å². The van der Waals surface area contributed by atoms with Gasteiger partial charge in [0.15, 0.2) is 6.20 Å². The van der Waals surface area contributed by atoms with Gasteiger partial charge in [-0.1, -0.05) is 0 Å². The molecule has 0 atom stereocenters. The summed E-state index contributed by atoms with van der Waals surface area (Å²) in [7, 11) is 4.04. The summed E-state index contributed by atoms with van der Waals surface area (Å²) >= 11 is 0. The number of nitrogens with one attached hydrogen (secondary N) is 1. The number of hydrogen-bond donors (Lipinski definition) is 1. The van der Waals surface area contributed by atoms with Crippen LogP contribution in [-0.2, 0) is 0 Å². The smallest absolute Gasteiger partial charge is 0.363 e. The molecule has 104 valence electrons. The lowest BCUT2D eigenvalue weighted by molar-refractivity contribution is -0.389. The van der Waals surface area contributed by atoms with Gasteiger partial charge in [0.05, 0.1) is 5.69 Å². The fraction of sp³-hybridized carbons (Fsp3) is 0.615. The molecule has 0 aromatic carbocycles. The second kappa shape index (κ2) is 5.97. The highest BCUT2D eigenvalue weighted by Crippen LogP contribution is 2.26. The van der Waals surface area contributed by atoms with Crippen LogP contribution in [0.1, 0.15) is 25.7 Å². The van der Waals surface area contributed by atoms with Crippen molar-refractivity contribution in [2.24, 2.45) is 0 Å². The molecule has 6 heteroatoms. The second-order valence-electron chi connectivity index (χ2n) is 5.04. The molecule has 19 heavy (non-hydrogen) atoms. The minimum Gasteiger partial charge on any atom is -0.369 e. The number of hydrogen-bond acceptors (Lipinski definition) is 5. The molecular formula is C13H20N4O2. The zero-order valence-corrected chi connectivity index (χ0v) is 11.4. The summed E-state index contributed by atoms with van der Waals surface area (Å²) in [5, 5.41) is 13.9. The van der Waals surface area contributed by atoms with Gasteiger partial charge in [-0.05, 0) is 48.7 Å². The number of nitrogens with zero attached hydrogens (tertiary/aromatic N) is 3.